The molecular formula is C29H27N. The number of hydrogen-bond acceptors (Lipinski definition) is 1. The minimum Gasteiger partial charge on any atom is -0.247 e. The van der Waals surface area contributed by atoms with Gasteiger partial charge in [0.25, 0.3) is 0 Å². The number of aromatic nitrogens is 1. The largest absolute Gasteiger partial charge is 0.247 e. The fraction of sp³-hybridized carbons (Fsp3) is 0.276. The van der Waals surface area contributed by atoms with Crippen LogP contribution in [0.5, 0.6) is 0 Å². The molecule has 0 unspecified atom stereocenters. The Balaban J connectivity index is 1.63. The van der Waals surface area contributed by atoms with Crippen molar-refractivity contribution in [2.24, 2.45) is 0 Å². The van der Waals surface area contributed by atoms with E-state index in [4.69, 9.17) is 4.98 Å². The minimum absolute atomic E-state index is 0.666. The van der Waals surface area contributed by atoms with Crippen molar-refractivity contribution in [2.45, 2.75) is 51.4 Å². The quantitative estimate of drug-likeness (QED) is 0.339. The second-order valence-corrected chi connectivity index (χ2v) is 9.24. The van der Waals surface area contributed by atoms with E-state index in [1.54, 1.807) is 11.1 Å². The third kappa shape index (κ3) is 2.72. The molecule has 4 aromatic rings. The molecule has 0 atom stereocenters. The molecule has 0 amide bonds. The lowest BCUT2D eigenvalue weighted by molar-refractivity contribution is 0.361. The molecule has 1 heterocycles. The van der Waals surface area contributed by atoms with Crippen molar-refractivity contribution in [2.75, 3.05) is 0 Å². The molecular weight excluding hydrogens is 362 g/mol. The van der Waals surface area contributed by atoms with Gasteiger partial charge in [0.2, 0.25) is 0 Å². The SMILES string of the molecule is Cc1cc2nc(-c3cccc(-c4ccccc4)c3)c3c(c2cc1C)C1CCC3CC1. The fourth-order valence-electron chi connectivity index (χ4n) is 5.78. The van der Waals surface area contributed by atoms with E-state index in [9.17, 15) is 0 Å². The summed E-state index contributed by atoms with van der Waals surface area (Å²) in [5, 5.41) is 1.41. The number of rotatable bonds is 2. The fourth-order valence-corrected chi connectivity index (χ4v) is 5.78. The van der Waals surface area contributed by atoms with Crippen LogP contribution >= 0.6 is 0 Å². The van der Waals surface area contributed by atoms with Crippen LogP contribution in [0.3, 0.4) is 0 Å². The molecule has 1 heteroatoms. The number of aryl methyl sites for hydroxylation is 2. The zero-order chi connectivity index (χ0) is 20.2. The van der Waals surface area contributed by atoms with Gasteiger partial charge in [-0.2, -0.15) is 0 Å². The van der Waals surface area contributed by atoms with Gasteiger partial charge < -0.3 is 0 Å². The van der Waals surface area contributed by atoms with Gasteiger partial charge in [-0.15, -0.1) is 0 Å². The molecule has 7 rings (SSSR count). The average molecular weight is 390 g/mol. The highest BCUT2D eigenvalue weighted by atomic mass is 14.7. The molecule has 0 saturated heterocycles. The highest BCUT2D eigenvalue weighted by Crippen LogP contribution is 2.54. The summed E-state index contributed by atoms with van der Waals surface area (Å²) < 4.78 is 0. The van der Waals surface area contributed by atoms with Crippen LogP contribution in [0.4, 0.5) is 0 Å². The molecule has 1 fully saturated rings. The molecule has 3 aromatic carbocycles. The maximum absolute atomic E-state index is 5.31. The molecule has 0 aliphatic heterocycles. The van der Waals surface area contributed by atoms with Crippen LogP contribution in [-0.2, 0) is 0 Å². The molecule has 30 heavy (non-hydrogen) atoms. The Labute approximate surface area is 178 Å². The van der Waals surface area contributed by atoms with Gasteiger partial charge in [0.15, 0.2) is 0 Å². The Morgan fingerprint density at radius 2 is 1.27 bits per heavy atom. The van der Waals surface area contributed by atoms with Crippen molar-refractivity contribution < 1.29 is 0 Å². The van der Waals surface area contributed by atoms with Gasteiger partial charge in [-0.05, 0) is 103 Å². The van der Waals surface area contributed by atoms with Gasteiger partial charge in [-0.3, -0.25) is 0 Å². The molecule has 0 N–H and O–H groups in total. The number of pyridine rings is 1. The van der Waals surface area contributed by atoms with Crippen molar-refractivity contribution in [1.82, 2.24) is 4.98 Å². The van der Waals surface area contributed by atoms with E-state index >= 15 is 0 Å². The molecule has 0 spiro atoms. The molecule has 1 aromatic heterocycles. The molecule has 3 aliphatic rings. The summed E-state index contributed by atoms with van der Waals surface area (Å²) in [6.45, 7) is 4.44. The maximum atomic E-state index is 5.31. The van der Waals surface area contributed by atoms with Crippen molar-refractivity contribution in [3.8, 4) is 22.4 Å². The minimum atomic E-state index is 0.666. The highest BCUT2D eigenvalue weighted by molar-refractivity contribution is 5.90. The Morgan fingerprint density at radius 1 is 0.633 bits per heavy atom. The first-order chi connectivity index (χ1) is 14.7. The second kappa shape index (κ2) is 6.80. The predicted octanol–water partition coefficient (Wildman–Crippen LogP) is 7.94. The van der Waals surface area contributed by atoms with Crippen molar-refractivity contribution >= 4 is 10.9 Å². The van der Waals surface area contributed by atoms with Gasteiger partial charge in [0, 0.05) is 10.9 Å². The summed E-state index contributed by atoms with van der Waals surface area (Å²) in [6, 6.07) is 24.4. The number of benzene rings is 3. The van der Waals surface area contributed by atoms with Crippen LogP contribution < -0.4 is 0 Å². The van der Waals surface area contributed by atoms with Gasteiger partial charge in [0.1, 0.15) is 0 Å². The van der Waals surface area contributed by atoms with Crippen LogP contribution in [0.25, 0.3) is 33.3 Å². The van der Waals surface area contributed by atoms with Crippen LogP contribution in [0.2, 0.25) is 0 Å². The smallest absolute Gasteiger partial charge is 0.0747 e. The van der Waals surface area contributed by atoms with Gasteiger partial charge in [-0.25, -0.2) is 4.98 Å². The summed E-state index contributed by atoms with van der Waals surface area (Å²) in [5.74, 6) is 1.37. The third-order valence-corrected chi connectivity index (χ3v) is 7.47. The summed E-state index contributed by atoms with van der Waals surface area (Å²) in [7, 11) is 0. The van der Waals surface area contributed by atoms with Crippen molar-refractivity contribution in [3.05, 3.63) is 89.0 Å². The summed E-state index contributed by atoms with van der Waals surface area (Å²) in [4.78, 5) is 5.31. The van der Waals surface area contributed by atoms with E-state index in [2.05, 4.69) is 80.6 Å². The topological polar surface area (TPSA) is 12.9 Å². The maximum Gasteiger partial charge on any atom is 0.0747 e. The molecule has 148 valence electrons. The lowest BCUT2D eigenvalue weighted by Gasteiger charge is -2.40. The second-order valence-electron chi connectivity index (χ2n) is 9.24. The van der Waals surface area contributed by atoms with Crippen LogP contribution in [0.1, 0.15) is 59.8 Å². The van der Waals surface area contributed by atoms with Gasteiger partial charge in [-0.1, -0.05) is 48.5 Å². The number of nitrogens with zero attached hydrogens (tertiary/aromatic N) is 1. The summed E-state index contributed by atoms with van der Waals surface area (Å²) in [5.41, 5.74) is 12.1. The molecule has 3 aliphatic carbocycles. The summed E-state index contributed by atoms with van der Waals surface area (Å²) >= 11 is 0. The number of hydrogen-bond donors (Lipinski definition) is 0. The molecule has 0 radical (unpaired) electrons. The average Bonchev–Trinajstić information content (AvgIpc) is 2.81. The van der Waals surface area contributed by atoms with E-state index in [0.717, 1.165) is 0 Å². The summed E-state index contributed by atoms with van der Waals surface area (Å²) in [6.07, 6.45) is 5.32. The first kappa shape index (κ1) is 17.9. The van der Waals surface area contributed by atoms with E-state index in [0.29, 0.717) is 11.8 Å². The van der Waals surface area contributed by atoms with E-state index < -0.39 is 0 Å². The first-order valence-corrected chi connectivity index (χ1v) is 11.3. The third-order valence-electron chi connectivity index (χ3n) is 7.47. The number of fused-ring (bicyclic) bond motifs is 3. The van der Waals surface area contributed by atoms with E-state index in [1.807, 2.05) is 0 Å². The zero-order valence-electron chi connectivity index (χ0n) is 17.8. The lowest BCUT2D eigenvalue weighted by atomic mass is 9.65. The normalized spacial score (nSPS) is 19.8. The Kier molecular flexibility index (Phi) is 4.06. The van der Waals surface area contributed by atoms with Gasteiger partial charge in [0.05, 0.1) is 11.2 Å². The standard InChI is InChI=1S/C29H27N/c1-18-15-25-26(16-19(18)2)30-29(28-22-13-11-21(12-14-22)27(25)28)24-10-6-9-23(17-24)20-7-4-3-5-8-20/h3-10,15-17,21-22H,11-14H2,1-2H3. The Morgan fingerprint density at radius 3 is 2.03 bits per heavy atom. The van der Waals surface area contributed by atoms with E-state index in [-0.39, 0.29) is 0 Å². The Bertz CT molecular complexity index is 1260. The predicted molar refractivity (Wildman–Crippen MR) is 126 cm³/mol. The molecule has 1 nitrogen and oxygen atoms in total. The molecule has 2 bridgehead atoms. The molecule has 1 saturated carbocycles. The Hall–Kier alpha value is -2.93. The van der Waals surface area contributed by atoms with Crippen LogP contribution in [-0.4, -0.2) is 4.98 Å². The van der Waals surface area contributed by atoms with Crippen LogP contribution in [0, 0.1) is 13.8 Å². The zero-order valence-corrected chi connectivity index (χ0v) is 17.8. The first-order valence-electron chi connectivity index (χ1n) is 11.3. The van der Waals surface area contributed by atoms with Gasteiger partial charge >= 0.3 is 0 Å². The van der Waals surface area contributed by atoms with Crippen molar-refractivity contribution in [3.63, 3.8) is 0 Å². The van der Waals surface area contributed by atoms with Crippen molar-refractivity contribution in [1.29, 1.82) is 0 Å². The van der Waals surface area contributed by atoms with Crippen LogP contribution in [0.15, 0.2) is 66.7 Å². The monoisotopic (exact) mass is 389 g/mol. The highest BCUT2D eigenvalue weighted by Gasteiger charge is 2.37. The lowest BCUT2D eigenvalue weighted by Crippen LogP contribution is -2.23. The van der Waals surface area contributed by atoms with E-state index in [1.165, 1.54) is 70.1 Å².